The molecular weight excluding hydrogens is 238 g/mol. The highest BCUT2D eigenvalue weighted by molar-refractivity contribution is 5.29. The normalized spacial score (nSPS) is 14.1. The van der Waals surface area contributed by atoms with Crippen molar-refractivity contribution in [1.82, 2.24) is 0 Å². The van der Waals surface area contributed by atoms with E-state index in [9.17, 15) is 0 Å². The highest BCUT2D eigenvalue weighted by Gasteiger charge is 2.06. The summed E-state index contributed by atoms with van der Waals surface area (Å²) < 4.78 is 11.2. The zero-order chi connectivity index (χ0) is 14.1. The Kier molecular flexibility index (Phi) is 7.53. The van der Waals surface area contributed by atoms with Gasteiger partial charge in [0.25, 0.3) is 0 Å². The highest BCUT2D eigenvalue weighted by atomic mass is 16.5. The Morgan fingerprint density at radius 3 is 2.37 bits per heavy atom. The van der Waals surface area contributed by atoms with Gasteiger partial charge in [-0.2, -0.15) is 0 Å². The second kappa shape index (κ2) is 8.94. The number of hydrogen-bond donors (Lipinski definition) is 1. The third-order valence-electron chi connectivity index (χ3n) is 3.44. The molecule has 108 valence electrons. The van der Waals surface area contributed by atoms with Crippen LogP contribution in [0, 0.1) is 0 Å². The van der Waals surface area contributed by atoms with Crippen molar-refractivity contribution in [2.45, 2.75) is 45.6 Å². The topological polar surface area (TPSA) is 44.5 Å². The van der Waals surface area contributed by atoms with Gasteiger partial charge in [0.2, 0.25) is 0 Å². The molecule has 1 aromatic carbocycles. The fraction of sp³-hybridized carbons (Fsp3) is 0.625. The van der Waals surface area contributed by atoms with Gasteiger partial charge in [-0.05, 0) is 37.0 Å². The molecule has 3 heteroatoms. The van der Waals surface area contributed by atoms with Crippen molar-refractivity contribution in [1.29, 1.82) is 0 Å². The lowest BCUT2D eigenvalue weighted by Crippen LogP contribution is -2.25. The largest absolute Gasteiger partial charge is 0.493 e. The van der Waals surface area contributed by atoms with Gasteiger partial charge >= 0.3 is 0 Å². The van der Waals surface area contributed by atoms with Crippen molar-refractivity contribution in [3.63, 3.8) is 0 Å². The van der Waals surface area contributed by atoms with Gasteiger partial charge in [-0.3, -0.25) is 0 Å². The molecule has 0 aliphatic carbocycles. The molecule has 0 amide bonds. The second-order valence-electron chi connectivity index (χ2n) is 4.83. The molecule has 0 saturated heterocycles. The lowest BCUT2D eigenvalue weighted by Gasteiger charge is -2.15. The number of ether oxygens (including phenoxy) is 2. The lowest BCUT2D eigenvalue weighted by atomic mass is 9.99. The summed E-state index contributed by atoms with van der Waals surface area (Å²) in [6, 6.07) is 8.37. The number of benzene rings is 1. The van der Waals surface area contributed by atoms with Gasteiger partial charge < -0.3 is 15.2 Å². The standard InChI is InChI=1S/C16H27NO2/c1-4-13(3)14-6-8-15(9-7-14)19-11-10-16(12-17)18-5-2/h6-9,13,16H,4-5,10-12,17H2,1-3H3. The summed E-state index contributed by atoms with van der Waals surface area (Å²) in [4.78, 5) is 0. The highest BCUT2D eigenvalue weighted by Crippen LogP contribution is 2.21. The van der Waals surface area contributed by atoms with Gasteiger partial charge in [0, 0.05) is 19.6 Å². The van der Waals surface area contributed by atoms with Gasteiger partial charge in [0.15, 0.2) is 0 Å². The predicted octanol–water partition coefficient (Wildman–Crippen LogP) is 3.33. The predicted molar refractivity (Wildman–Crippen MR) is 79.7 cm³/mol. The van der Waals surface area contributed by atoms with Gasteiger partial charge in [-0.15, -0.1) is 0 Å². The minimum Gasteiger partial charge on any atom is -0.493 e. The molecule has 1 rings (SSSR count). The summed E-state index contributed by atoms with van der Waals surface area (Å²) in [5.74, 6) is 1.52. The first kappa shape index (κ1) is 16.0. The first-order chi connectivity index (χ1) is 9.21. The third kappa shape index (κ3) is 5.62. The van der Waals surface area contributed by atoms with Crippen molar-refractivity contribution in [2.75, 3.05) is 19.8 Å². The molecule has 3 nitrogen and oxygen atoms in total. The SMILES string of the molecule is CCOC(CN)CCOc1ccc(C(C)CC)cc1. The zero-order valence-corrected chi connectivity index (χ0v) is 12.4. The van der Waals surface area contributed by atoms with E-state index in [1.54, 1.807) is 0 Å². The molecule has 2 atom stereocenters. The molecule has 0 heterocycles. The van der Waals surface area contributed by atoms with Crippen LogP contribution in [0.3, 0.4) is 0 Å². The van der Waals surface area contributed by atoms with Crippen LogP contribution in [0.4, 0.5) is 0 Å². The van der Waals surface area contributed by atoms with Crippen LogP contribution in [0.5, 0.6) is 5.75 Å². The molecule has 19 heavy (non-hydrogen) atoms. The van der Waals surface area contributed by atoms with Crippen LogP contribution in [-0.2, 0) is 4.74 Å². The molecule has 2 unspecified atom stereocenters. The lowest BCUT2D eigenvalue weighted by molar-refractivity contribution is 0.0527. The maximum Gasteiger partial charge on any atom is 0.119 e. The Labute approximate surface area is 117 Å². The van der Waals surface area contributed by atoms with Crippen LogP contribution >= 0.6 is 0 Å². The molecule has 0 saturated carbocycles. The number of rotatable bonds is 9. The average molecular weight is 265 g/mol. The van der Waals surface area contributed by atoms with Crippen LogP contribution in [0.25, 0.3) is 0 Å². The molecule has 0 aliphatic heterocycles. The maximum atomic E-state index is 5.72. The first-order valence-electron chi connectivity index (χ1n) is 7.25. The minimum atomic E-state index is 0.101. The Bertz CT molecular complexity index is 337. The Hall–Kier alpha value is -1.06. The van der Waals surface area contributed by atoms with E-state index in [0.717, 1.165) is 18.6 Å². The van der Waals surface area contributed by atoms with Gasteiger partial charge in [0.05, 0.1) is 12.7 Å². The smallest absolute Gasteiger partial charge is 0.119 e. The summed E-state index contributed by atoms with van der Waals surface area (Å²) in [6.45, 7) is 8.32. The van der Waals surface area contributed by atoms with E-state index in [-0.39, 0.29) is 6.10 Å². The Morgan fingerprint density at radius 1 is 1.16 bits per heavy atom. The molecule has 1 aromatic rings. The third-order valence-corrected chi connectivity index (χ3v) is 3.44. The van der Waals surface area contributed by atoms with E-state index in [1.807, 2.05) is 19.1 Å². The summed E-state index contributed by atoms with van der Waals surface area (Å²) in [5, 5.41) is 0. The minimum absolute atomic E-state index is 0.101. The molecule has 0 aromatic heterocycles. The zero-order valence-electron chi connectivity index (χ0n) is 12.4. The number of hydrogen-bond acceptors (Lipinski definition) is 3. The Balaban J connectivity index is 2.37. The van der Waals surface area contributed by atoms with E-state index in [0.29, 0.717) is 25.7 Å². The van der Waals surface area contributed by atoms with Crippen molar-refractivity contribution < 1.29 is 9.47 Å². The van der Waals surface area contributed by atoms with Crippen molar-refractivity contribution in [3.8, 4) is 5.75 Å². The Morgan fingerprint density at radius 2 is 1.84 bits per heavy atom. The van der Waals surface area contributed by atoms with Crippen molar-refractivity contribution >= 4 is 0 Å². The van der Waals surface area contributed by atoms with Gasteiger partial charge in [-0.1, -0.05) is 26.0 Å². The van der Waals surface area contributed by atoms with Crippen LogP contribution in [0.1, 0.15) is 45.1 Å². The monoisotopic (exact) mass is 265 g/mol. The van der Waals surface area contributed by atoms with Crippen molar-refractivity contribution in [2.24, 2.45) is 5.73 Å². The van der Waals surface area contributed by atoms with Crippen molar-refractivity contribution in [3.05, 3.63) is 29.8 Å². The summed E-state index contributed by atoms with van der Waals surface area (Å²) in [6.07, 6.45) is 2.09. The molecule has 0 fully saturated rings. The second-order valence-corrected chi connectivity index (χ2v) is 4.83. The van der Waals surface area contributed by atoms with E-state index in [1.165, 1.54) is 5.56 Å². The average Bonchev–Trinajstić information content (AvgIpc) is 2.46. The van der Waals surface area contributed by atoms with Crippen LogP contribution < -0.4 is 10.5 Å². The summed E-state index contributed by atoms with van der Waals surface area (Å²) >= 11 is 0. The number of nitrogens with two attached hydrogens (primary N) is 1. The van der Waals surface area contributed by atoms with E-state index < -0.39 is 0 Å². The molecule has 0 spiro atoms. The summed E-state index contributed by atoms with van der Waals surface area (Å²) in [7, 11) is 0. The molecule has 0 aliphatic rings. The fourth-order valence-corrected chi connectivity index (χ4v) is 1.94. The van der Waals surface area contributed by atoms with Crippen LogP contribution in [0.15, 0.2) is 24.3 Å². The molecule has 0 bridgehead atoms. The molecule has 0 radical (unpaired) electrons. The summed E-state index contributed by atoms with van der Waals surface area (Å²) in [5.41, 5.74) is 6.99. The van der Waals surface area contributed by atoms with Crippen LogP contribution in [0.2, 0.25) is 0 Å². The van der Waals surface area contributed by atoms with E-state index >= 15 is 0 Å². The quantitative estimate of drug-likeness (QED) is 0.745. The van der Waals surface area contributed by atoms with Gasteiger partial charge in [-0.25, -0.2) is 0 Å². The van der Waals surface area contributed by atoms with E-state index in [4.69, 9.17) is 15.2 Å². The van der Waals surface area contributed by atoms with E-state index in [2.05, 4.69) is 26.0 Å². The van der Waals surface area contributed by atoms with Gasteiger partial charge in [0.1, 0.15) is 5.75 Å². The maximum absolute atomic E-state index is 5.72. The molecular formula is C16H27NO2. The first-order valence-corrected chi connectivity index (χ1v) is 7.25. The molecule has 2 N–H and O–H groups in total. The van der Waals surface area contributed by atoms with Crippen LogP contribution in [-0.4, -0.2) is 25.9 Å². The fourth-order valence-electron chi connectivity index (χ4n) is 1.94.